The molecule has 3 rings (SSSR count). The van der Waals surface area contributed by atoms with Crippen LogP contribution < -0.4 is 0 Å². The van der Waals surface area contributed by atoms with Crippen molar-refractivity contribution in [3.8, 4) is 11.4 Å². The zero-order valence-corrected chi connectivity index (χ0v) is 9.41. The third kappa shape index (κ3) is 1.57. The lowest BCUT2D eigenvalue weighted by molar-refractivity contribution is 0.899. The minimum absolute atomic E-state index is 0.321. The lowest BCUT2D eigenvalue weighted by atomic mass is 10.1. The number of pyridine rings is 1. The standard InChI is InChI=1S/C12H10ClN3/c13-12-15-9-6-3-4-8(9)11(16-12)10-5-1-2-7-14-10/h1-2,5,7H,3-4,6H2. The summed E-state index contributed by atoms with van der Waals surface area (Å²) in [5.74, 6) is 0. The van der Waals surface area contributed by atoms with Gasteiger partial charge in [0.2, 0.25) is 5.28 Å². The fourth-order valence-corrected chi connectivity index (χ4v) is 2.30. The van der Waals surface area contributed by atoms with Gasteiger partial charge in [0.25, 0.3) is 0 Å². The highest BCUT2D eigenvalue weighted by molar-refractivity contribution is 6.28. The van der Waals surface area contributed by atoms with Gasteiger partial charge in [0.15, 0.2) is 0 Å². The maximum Gasteiger partial charge on any atom is 0.223 e. The molecule has 2 aromatic rings. The Morgan fingerprint density at radius 2 is 2.06 bits per heavy atom. The molecule has 0 N–H and O–H groups in total. The Hall–Kier alpha value is -1.48. The highest BCUT2D eigenvalue weighted by Gasteiger charge is 2.20. The van der Waals surface area contributed by atoms with Gasteiger partial charge in [0.1, 0.15) is 0 Å². The first kappa shape index (κ1) is 9.73. The number of aromatic nitrogens is 3. The van der Waals surface area contributed by atoms with Crippen LogP contribution in [0.3, 0.4) is 0 Å². The molecule has 1 aliphatic rings. The van der Waals surface area contributed by atoms with Crippen molar-refractivity contribution in [3.63, 3.8) is 0 Å². The number of nitrogens with zero attached hydrogens (tertiary/aromatic N) is 3. The maximum atomic E-state index is 5.93. The van der Waals surface area contributed by atoms with E-state index in [0.717, 1.165) is 36.3 Å². The van der Waals surface area contributed by atoms with E-state index in [0.29, 0.717) is 5.28 Å². The largest absolute Gasteiger partial charge is 0.255 e. The second-order valence-corrected chi connectivity index (χ2v) is 4.17. The molecule has 2 aromatic heterocycles. The van der Waals surface area contributed by atoms with Crippen molar-refractivity contribution in [2.75, 3.05) is 0 Å². The Kier molecular flexibility index (Phi) is 2.33. The van der Waals surface area contributed by atoms with Gasteiger partial charge in [-0.25, -0.2) is 9.97 Å². The number of hydrogen-bond acceptors (Lipinski definition) is 3. The molecular formula is C12H10ClN3. The van der Waals surface area contributed by atoms with Gasteiger partial charge in [0.05, 0.1) is 11.4 Å². The molecule has 2 heterocycles. The van der Waals surface area contributed by atoms with Crippen LogP contribution in [0.1, 0.15) is 17.7 Å². The fraction of sp³-hybridized carbons (Fsp3) is 0.250. The Bertz CT molecular complexity index is 525. The first-order valence-corrected chi connectivity index (χ1v) is 5.69. The van der Waals surface area contributed by atoms with Crippen molar-refractivity contribution in [3.05, 3.63) is 40.9 Å². The molecule has 0 saturated carbocycles. The predicted octanol–water partition coefficient (Wildman–Crippen LogP) is 2.68. The topological polar surface area (TPSA) is 38.7 Å². The Labute approximate surface area is 98.5 Å². The van der Waals surface area contributed by atoms with Gasteiger partial charge in [0, 0.05) is 17.5 Å². The van der Waals surface area contributed by atoms with Crippen LogP contribution in [0.2, 0.25) is 5.28 Å². The summed E-state index contributed by atoms with van der Waals surface area (Å²) < 4.78 is 0. The SMILES string of the molecule is Clc1nc2c(c(-c3ccccn3)n1)CCC2. The molecule has 0 aromatic carbocycles. The zero-order valence-electron chi connectivity index (χ0n) is 8.65. The Morgan fingerprint density at radius 3 is 2.88 bits per heavy atom. The summed E-state index contributed by atoms with van der Waals surface area (Å²) in [6.07, 6.45) is 4.92. The summed E-state index contributed by atoms with van der Waals surface area (Å²) in [6, 6.07) is 5.81. The summed E-state index contributed by atoms with van der Waals surface area (Å²) in [5, 5.41) is 0.321. The molecule has 0 bridgehead atoms. The minimum atomic E-state index is 0.321. The average Bonchev–Trinajstić information content (AvgIpc) is 2.77. The third-order valence-electron chi connectivity index (χ3n) is 2.81. The highest BCUT2D eigenvalue weighted by atomic mass is 35.5. The third-order valence-corrected chi connectivity index (χ3v) is 2.98. The van der Waals surface area contributed by atoms with Crippen LogP contribution in [0.15, 0.2) is 24.4 Å². The second kappa shape index (κ2) is 3.83. The van der Waals surface area contributed by atoms with E-state index in [1.807, 2.05) is 18.2 Å². The van der Waals surface area contributed by atoms with Gasteiger partial charge in [-0.05, 0) is 43.0 Å². The smallest absolute Gasteiger partial charge is 0.223 e. The van der Waals surface area contributed by atoms with Crippen molar-refractivity contribution in [1.29, 1.82) is 0 Å². The quantitative estimate of drug-likeness (QED) is 0.709. The first-order chi connectivity index (χ1) is 7.84. The molecular weight excluding hydrogens is 222 g/mol. The van der Waals surface area contributed by atoms with Gasteiger partial charge >= 0.3 is 0 Å². The monoisotopic (exact) mass is 231 g/mol. The van der Waals surface area contributed by atoms with E-state index in [4.69, 9.17) is 11.6 Å². The number of rotatable bonds is 1. The minimum Gasteiger partial charge on any atom is -0.255 e. The summed E-state index contributed by atoms with van der Waals surface area (Å²) in [5.41, 5.74) is 4.07. The number of hydrogen-bond donors (Lipinski definition) is 0. The fourth-order valence-electron chi connectivity index (χ4n) is 2.12. The van der Waals surface area contributed by atoms with Crippen LogP contribution >= 0.6 is 11.6 Å². The molecule has 0 unspecified atom stereocenters. The lowest BCUT2D eigenvalue weighted by Crippen LogP contribution is -1.98. The van der Waals surface area contributed by atoms with Crippen LogP contribution in [0.4, 0.5) is 0 Å². The average molecular weight is 232 g/mol. The highest BCUT2D eigenvalue weighted by Crippen LogP contribution is 2.29. The van der Waals surface area contributed by atoms with E-state index in [9.17, 15) is 0 Å². The van der Waals surface area contributed by atoms with Gasteiger partial charge in [-0.1, -0.05) is 6.07 Å². The summed E-state index contributed by atoms with van der Waals surface area (Å²) in [7, 11) is 0. The molecule has 1 aliphatic carbocycles. The molecule has 0 amide bonds. The van der Waals surface area contributed by atoms with Crippen molar-refractivity contribution >= 4 is 11.6 Å². The van der Waals surface area contributed by atoms with E-state index < -0.39 is 0 Å². The van der Waals surface area contributed by atoms with Crippen molar-refractivity contribution in [1.82, 2.24) is 15.0 Å². The molecule has 3 nitrogen and oxygen atoms in total. The predicted molar refractivity (Wildman–Crippen MR) is 62.3 cm³/mol. The molecule has 0 spiro atoms. The van der Waals surface area contributed by atoms with Gasteiger partial charge < -0.3 is 0 Å². The summed E-state index contributed by atoms with van der Waals surface area (Å²) in [6.45, 7) is 0. The molecule has 0 aliphatic heterocycles. The Balaban J connectivity index is 2.21. The molecule has 16 heavy (non-hydrogen) atoms. The van der Waals surface area contributed by atoms with E-state index >= 15 is 0 Å². The van der Waals surface area contributed by atoms with Gasteiger partial charge in [-0.15, -0.1) is 0 Å². The van der Waals surface area contributed by atoms with Gasteiger partial charge in [-0.2, -0.15) is 0 Å². The lowest BCUT2D eigenvalue weighted by Gasteiger charge is -2.06. The summed E-state index contributed by atoms with van der Waals surface area (Å²) in [4.78, 5) is 12.9. The van der Waals surface area contributed by atoms with Crippen LogP contribution in [0.25, 0.3) is 11.4 Å². The van der Waals surface area contributed by atoms with E-state index in [-0.39, 0.29) is 0 Å². The van der Waals surface area contributed by atoms with E-state index in [2.05, 4.69) is 15.0 Å². The molecule has 0 saturated heterocycles. The first-order valence-electron chi connectivity index (χ1n) is 5.31. The van der Waals surface area contributed by atoms with Crippen molar-refractivity contribution in [2.24, 2.45) is 0 Å². The molecule has 0 fully saturated rings. The normalized spacial score (nSPS) is 13.8. The summed E-state index contributed by atoms with van der Waals surface area (Å²) >= 11 is 5.93. The van der Waals surface area contributed by atoms with Crippen molar-refractivity contribution in [2.45, 2.75) is 19.3 Å². The van der Waals surface area contributed by atoms with Gasteiger partial charge in [-0.3, -0.25) is 4.98 Å². The second-order valence-electron chi connectivity index (χ2n) is 3.84. The number of halogens is 1. The van der Waals surface area contributed by atoms with Crippen LogP contribution in [0.5, 0.6) is 0 Å². The molecule has 0 radical (unpaired) electrons. The van der Waals surface area contributed by atoms with Crippen LogP contribution in [-0.4, -0.2) is 15.0 Å². The Morgan fingerprint density at radius 1 is 1.12 bits per heavy atom. The van der Waals surface area contributed by atoms with Crippen LogP contribution in [-0.2, 0) is 12.8 Å². The molecule has 0 atom stereocenters. The van der Waals surface area contributed by atoms with Crippen LogP contribution in [0, 0.1) is 0 Å². The number of fused-ring (bicyclic) bond motifs is 1. The van der Waals surface area contributed by atoms with E-state index in [1.165, 1.54) is 5.56 Å². The maximum absolute atomic E-state index is 5.93. The van der Waals surface area contributed by atoms with E-state index in [1.54, 1.807) is 6.20 Å². The molecule has 4 heteroatoms. The molecule has 80 valence electrons. The zero-order chi connectivity index (χ0) is 11.0. The van der Waals surface area contributed by atoms with Crippen molar-refractivity contribution < 1.29 is 0 Å². The number of aryl methyl sites for hydroxylation is 1.